The van der Waals surface area contributed by atoms with Crippen molar-refractivity contribution in [2.75, 3.05) is 5.75 Å². The maximum atomic E-state index is 11.8. The zero-order valence-electron chi connectivity index (χ0n) is 11.4. The minimum Gasteiger partial charge on any atom is -0.504 e. The third kappa shape index (κ3) is 2.20. The van der Waals surface area contributed by atoms with Crippen molar-refractivity contribution in [1.82, 2.24) is 4.90 Å². The van der Waals surface area contributed by atoms with Gasteiger partial charge in [0.15, 0.2) is 11.5 Å². The van der Waals surface area contributed by atoms with Gasteiger partial charge in [-0.3, -0.25) is 9.69 Å². The van der Waals surface area contributed by atoms with Crippen LogP contribution in [-0.4, -0.2) is 49.3 Å². The normalized spacial score (nSPS) is 24.0. The van der Waals surface area contributed by atoms with Crippen LogP contribution in [-0.2, 0) is 16.0 Å². The summed E-state index contributed by atoms with van der Waals surface area (Å²) < 4.78 is 0. The molecule has 0 aliphatic carbocycles. The summed E-state index contributed by atoms with van der Waals surface area (Å²) in [5.74, 6) is -1.61. The molecule has 5 N–H and O–H groups in total. The molecule has 0 spiro atoms. The van der Waals surface area contributed by atoms with E-state index in [1.807, 2.05) is 0 Å². The quantitative estimate of drug-likeness (QED) is 0.463. The predicted molar refractivity (Wildman–Crippen MR) is 79.2 cm³/mol. The van der Waals surface area contributed by atoms with Crippen LogP contribution >= 0.6 is 11.8 Å². The number of fused-ring (bicyclic) bond motifs is 1. The number of aromatic hydroxyl groups is 2. The first-order chi connectivity index (χ1) is 10.4. The molecule has 1 aromatic carbocycles. The smallest absolute Gasteiger partial charge is 0.352 e. The molecule has 1 amide bonds. The number of phenolic OH excluding ortho intramolecular Hbond substituents is 2. The largest absolute Gasteiger partial charge is 0.504 e. The molecule has 1 saturated heterocycles. The molecule has 0 radical (unpaired) electrons. The van der Waals surface area contributed by atoms with E-state index in [9.17, 15) is 24.9 Å². The van der Waals surface area contributed by atoms with Gasteiger partial charge in [-0.25, -0.2) is 4.79 Å². The van der Waals surface area contributed by atoms with E-state index in [0.717, 1.165) is 0 Å². The molecule has 0 bridgehead atoms. The number of hydrogen-bond acceptors (Lipinski definition) is 6. The number of benzene rings is 1. The lowest BCUT2D eigenvalue weighted by molar-refractivity contribution is -0.148. The third-order valence-electron chi connectivity index (χ3n) is 3.75. The third-order valence-corrected chi connectivity index (χ3v) is 5.11. The van der Waals surface area contributed by atoms with Gasteiger partial charge in [0, 0.05) is 5.75 Å². The molecule has 3 rings (SSSR count). The van der Waals surface area contributed by atoms with Crippen molar-refractivity contribution in [2.45, 2.75) is 17.8 Å². The lowest BCUT2D eigenvalue weighted by Gasteiger charge is -2.48. The van der Waals surface area contributed by atoms with Gasteiger partial charge in [-0.15, -0.1) is 11.8 Å². The molecule has 1 aromatic rings. The number of aliphatic carboxylic acids is 1. The molecular formula is C14H14N2O5S. The van der Waals surface area contributed by atoms with Crippen molar-refractivity contribution < 1.29 is 24.9 Å². The van der Waals surface area contributed by atoms with Gasteiger partial charge in [0.05, 0.1) is 0 Å². The van der Waals surface area contributed by atoms with Gasteiger partial charge in [0.1, 0.15) is 17.1 Å². The van der Waals surface area contributed by atoms with Gasteiger partial charge in [-0.1, -0.05) is 6.07 Å². The number of β-lactam (4-membered cyclic amide) rings is 1. The van der Waals surface area contributed by atoms with E-state index in [4.69, 9.17) is 5.73 Å². The Morgan fingerprint density at radius 3 is 2.73 bits per heavy atom. The van der Waals surface area contributed by atoms with Crippen LogP contribution in [0.3, 0.4) is 0 Å². The van der Waals surface area contributed by atoms with Crippen molar-refractivity contribution in [3.05, 3.63) is 35.0 Å². The van der Waals surface area contributed by atoms with E-state index in [1.165, 1.54) is 28.8 Å². The average Bonchev–Trinajstić information content (AvgIpc) is 2.49. The minimum atomic E-state index is -1.16. The Kier molecular flexibility index (Phi) is 3.50. The van der Waals surface area contributed by atoms with Crippen LogP contribution in [0.15, 0.2) is 29.5 Å². The van der Waals surface area contributed by atoms with E-state index in [1.54, 1.807) is 6.07 Å². The fraction of sp³-hybridized carbons (Fsp3) is 0.286. The summed E-state index contributed by atoms with van der Waals surface area (Å²) >= 11 is 1.43. The molecule has 2 aliphatic rings. The highest BCUT2D eigenvalue weighted by molar-refractivity contribution is 8.00. The second-order valence-corrected chi connectivity index (χ2v) is 6.30. The second-order valence-electron chi connectivity index (χ2n) is 5.19. The summed E-state index contributed by atoms with van der Waals surface area (Å²) in [6, 6.07) is 3.66. The number of hydrogen-bond donors (Lipinski definition) is 4. The van der Waals surface area contributed by atoms with Crippen LogP contribution in [0, 0.1) is 0 Å². The summed E-state index contributed by atoms with van der Waals surface area (Å²) in [5, 5.41) is 27.9. The van der Waals surface area contributed by atoms with Crippen molar-refractivity contribution in [2.24, 2.45) is 5.73 Å². The fourth-order valence-corrected chi connectivity index (χ4v) is 3.93. The first-order valence-electron chi connectivity index (χ1n) is 6.56. The highest BCUT2D eigenvalue weighted by atomic mass is 32.2. The summed E-state index contributed by atoms with van der Waals surface area (Å²) in [6.07, 6.45) is 0.272. The fourth-order valence-electron chi connectivity index (χ4n) is 2.64. The molecule has 1 fully saturated rings. The van der Waals surface area contributed by atoms with Crippen LogP contribution in [0.1, 0.15) is 5.56 Å². The summed E-state index contributed by atoms with van der Waals surface area (Å²) in [4.78, 5) is 24.6. The number of carboxylic acid groups (broad SMARTS) is 1. The zero-order chi connectivity index (χ0) is 16.0. The molecule has 2 heterocycles. The van der Waals surface area contributed by atoms with Crippen LogP contribution in [0.2, 0.25) is 0 Å². The minimum absolute atomic E-state index is 0.0250. The van der Waals surface area contributed by atoms with Gasteiger partial charge >= 0.3 is 5.97 Å². The molecule has 22 heavy (non-hydrogen) atoms. The summed E-state index contributed by atoms with van der Waals surface area (Å²) in [5.41, 5.74) is 6.90. The van der Waals surface area contributed by atoms with Crippen molar-refractivity contribution >= 4 is 23.6 Å². The number of phenols is 2. The molecule has 0 saturated carbocycles. The van der Waals surface area contributed by atoms with Gasteiger partial charge < -0.3 is 21.1 Å². The van der Waals surface area contributed by atoms with E-state index >= 15 is 0 Å². The number of carbonyl (C=O) groups is 2. The maximum absolute atomic E-state index is 11.8. The monoisotopic (exact) mass is 322 g/mol. The van der Waals surface area contributed by atoms with E-state index < -0.39 is 12.0 Å². The molecule has 0 aromatic heterocycles. The van der Waals surface area contributed by atoms with Crippen LogP contribution < -0.4 is 5.73 Å². The Morgan fingerprint density at radius 1 is 1.36 bits per heavy atom. The Labute approximate surface area is 130 Å². The molecular weight excluding hydrogens is 308 g/mol. The van der Waals surface area contributed by atoms with Crippen LogP contribution in [0.4, 0.5) is 0 Å². The number of amides is 1. The predicted octanol–water partition coefficient (Wildman–Crippen LogP) is 0.221. The number of nitrogens with zero attached hydrogens (tertiary/aromatic N) is 1. The molecule has 0 unspecified atom stereocenters. The van der Waals surface area contributed by atoms with Crippen LogP contribution in [0.25, 0.3) is 0 Å². The number of carboxylic acids is 1. The van der Waals surface area contributed by atoms with E-state index in [-0.39, 0.29) is 34.9 Å². The van der Waals surface area contributed by atoms with E-state index in [0.29, 0.717) is 16.9 Å². The maximum Gasteiger partial charge on any atom is 0.352 e. The Morgan fingerprint density at radius 2 is 2.09 bits per heavy atom. The lowest BCUT2D eigenvalue weighted by Crippen LogP contribution is -2.68. The Hall–Kier alpha value is -2.19. The van der Waals surface area contributed by atoms with Gasteiger partial charge in [-0.05, 0) is 29.7 Å². The topological polar surface area (TPSA) is 124 Å². The molecule has 2 atom stereocenters. The van der Waals surface area contributed by atoms with E-state index in [2.05, 4.69) is 0 Å². The zero-order valence-corrected chi connectivity index (χ0v) is 12.2. The number of carbonyl (C=O) groups excluding carboxylic acids is 1. The van der Waals surface area contributed by atoms with Crippen LogP contribution in [0.5, 0.6) is 11.5 Å². The SMILES string of the molecule is N[C@@H]1C(=O)N2C(C(=O)O)=C(Cc3ccc(O)c(O)c3)CS[C@@H]12. The Bertz CT molecular complexity index is 702. The molecule has 8 heteroatoms. The number of thioether (sulfide) groups is 1. The van der Waals surface area contributed by atoms with Crippen molar-refractivity contribution in [1.29, 1.82) is 0 Å². The lowest BCUT2D eigenvalue weighted by atomic mass is 9.99. The summed E-state index contributed by atoms with van der Waals surface area (Å²) in [7, 11) is 0. The van der Waals surface area contributed by atoms with Gasteiger partial charge in [0.25, 0.3) is 0 Å². The highest BCUT2D eigenvalue weighted by Gasteiger charge is 2.51. The standard InChI is InChI=1S/C14H14N2O5S/c15-10-12(19)16-11(14(20)21)7(5-22-13(10)16)3-6-1-2-8(17)9(18)4-6/h1-2,4,10,13,17-18H,3,5,15H2,(H,20,21)/t10-,13+/m1/s1. The summed E-state index contributed by atoms with van der Waals surface area (Å²) in [6.45, 7) is 0. The Balaban J connectivity index is 1.94. The molecule has 2 aliphatic heterocycles. The first kappa shape index (κ1) is 14.7. The van der Waals surface area contributed by atoms with Gasteiger partial charge in [-0.2, -0.15) is 0 Å². The first-order valence-corrected chi connectivity index (χ1v) is 7.61. The van der Waals surface area contributed by atoms with Gasteiger partial charge in [0.2, 0.25) is 5.91 Å². The molecule has 116 valence electrons. The average molecular weight is 322 g/mol. The second kappa shape index (κ2) is 5.22. The van der Waals surface area contributed by atoms with Crippen molar-refractivity contribution in [3.63, 3.8) is 0 Å². The van der Waals surface area contributed by atoms with Crippen molar-refractivity contribution in [3.8, 4) is 11.5 Å². The molecule has 7 nitrogen and oxygen atoms in total. The number of rotatable bonds is 3. The highest BCUT2D eigenvalue weighted by Crippen LogP contribution is 2.40. The number of nitrogens with two attached hydrogens (primary N) is 1.